The maximum atomic E-state index is 13.6. The molecule has 3 rings (SSSR count). The smallest absolute Gasteiger partial charge is 0.210 e. The van der Waals surface area contributed by atoms with Crippen molar-refractivity contribution in [3.63, 3.8) is 0 Å². The molecule has 0 radical (unpaired) electrons. The minimum absolute atomic E-state index is 0.189. The Balaban J connectivity index is 2.04. The highest BCUT2D eigenvalue weighted by Crippen LogP contribution is 2.41. The van der Waals surface area contributed by atoms with Gasteiger partial charge in [0.2, 0.25) is 5.78 Å². The SMILES string of the molecule is CC1(C)OC(c2ccc(SOON)cc2)=C(c2cccc(F)c2)C1=O. The van der Waals surface area contributed by atoms with Crippen LogP contribution in [0, 0.1) is 5.82 Å². The van der Waals surface area contributed by atoms with Gasteiger partial charge < -0.3 is 4.74 Å². The molecular formula is C18H16FNO4S. The highest BCUT2D eigenvalue weighted by Gasteiger charge is 2.42. The average Bonchev–Trinajstić information content (AvgIpc) is 2.83. The van der Waals surface area contributed by atoms with Crippen LogP contribution in [0.3, 0.4) is 0 Å². The van der Waals surface area contributed by atoms with Crippen LogP contribution in [-0.2, 0) is 18.9 Å². The molecule has 7 heteroatoms. The van der Waals surface area contributed by atoms with Gasteiger partial charge in [-0.25, -0.2) is 4.39 Å². The van der Waals surface area contributed by atoms with E-state index in [0.717, 1.165) is 16.9 Å². The molecule has 0 saturated heterocycles. The Morgan fingerprint density at radius 3 is 2.48 bits per heavy atom. The molecule has 0 atom stereocenters. The first kappa shape index (κ1) is 17.6. The largest absolute Gasteiger partial charge is 0.478 e. The predicted octanol–water partition coefficient (Wildman–Crippen LogP) is 3.90. The van der Waals surface area contributed by atoms with E-state index in [4.69, 9.17) is 10.6 Å². The lowest BCUT2D eigenvalue weighted by molar-refractivity contribution is -0.195. The van der Waals surface area contributed by atoms with Crippen molar-refractivity contribution in [2.75, 3.05) is 0 Å². The Bertz CT molecular complexity index is 833. The molecule has 130 valence electrons. The van der Waals surface area contributed by atoms with Crippen LogP contribution in [0.2, 0.25) is 0 Å². The summed E-state index contributed by atoms with van der Waals surface area (Å²) in [5.74, 6) is 4.63. The second kappa shape index (κ2) is 6.97. The lowest BCUT2D eigenvalue weighted by atomic mass is 9.92. The fourth-order valence-corrected chi connectivity index (χ4v) is 2.95. The number of nitrogens with two attached hydrogens (primary N) is 1. The average molecular weight is 361 g/mol. The van der Waals surface area contributed by atoms with Gasteiger partial charge in [0.15, 0.2) is 5.60 Å². The Hall–Kier alpha value is -2.19. The van der Waals surface area contributed by atoms with E-state index >= 15 is 0 Å². The summed E-state index contributed by atoms with van der Waals surface area (Å²) in [5, 5.41) is 0. The number of benzene rings is 2. The van der Waals surface area contributed by atoms with Crippen molar-refractivity contribution in [1.29, 1.82) is 0 Å². The first-order chi connectivity index (χ1) is 11.9. The number of halogens is 1. The molecule has 1 aliphatic rings. The summed E-state index contributed by atoms with van der Waals surface area (Å²) in [6.45, 7) is 3.39. The van der Waals surface area contributed by atoms with Gasteiger partial charge in [0, 0.05) is 10.5 Å². The quantitative estimate of drug-likeness (QED) is 0.495. The number of hydrogen-bond acceptors (Lipinski definition) is 6. The van der Waals surface area contributed by atoms with E-state index in [1.54, 1.807) is 50.2 Å². The summed E-state index contributed by atoms with van der Waals surface area (Å²) in [5.41, 5.74) is 0.549. The van der Waals surface area contributed by atoms with Gasteiger partial charge in [0.05, 0.1) is 17.6 Å². The van der Waals surface area contributed by atoms with Crippen molar-refractivity contribution in [2.24, 2.45) is 5.90 Å². The topological polar surface area (TPSA) is 70.8 Å². The van der Waals surface area contributed by atoms with Crippen molar-refractivity contribution in [2.45, 2.75) is 24.3 Å². The Morgan fingerprint density at radius 2 is 1.84 bits per heavy atom. The normalized spacial score (nSPS) is 16.2. The molecule has 0 aromatic heterocycles. The van der Waals surface area contributed by atoms with Crippen LogP contribution in [0.15, 0.2) is 53.4 Å². The van der Waals surface area contributed by atoms with Crippen molar-refractivity contribution in [1.82, 2.24) is 0 Å². The molecule has 0 fully saturated rings. The van der Waals surface area contributed by atoms with Crippen LogP contribution < -0.4 is 5.90 Å². The van der Waals surface area contributed by atoms with Gasteiger partial charge in [-0.15, -0.1) is 9.32 Å². The summed E-state index contributed by atoms with van der Waals surface area (Å²) < 4.78 is 24.1. The van der Waals surface area contributed by atoms with E-state index in [1.807, 2.05) is 0 Å². The molecule has 5 nitrogen and oxygen atoms in total. The highest BCUT2D eigenvalue weighted by atomic mass is 32.2. The van der Waals surface area contributed by atoms with Gasteiger partial charge in [-0.3, -0.25) is 4.79 Å². The molecule has 25 heavy (non-hydrogen) atoms. The van der Waals surface area contributed by atoms with E-state index in [9.17, 15) is 9.18 Å². The van der Waals surface area contributed by atoms with Crippen LogP contribution in [0.4, 0.5) is 4.39 Å². The lowest BCUT2D eigenvalue weighted by Crippen LogP contribution is -2.29. The van der Waals surface area contributed by atoms with Gasteiger partial charge in [0.25, 0.3) is 0 Å². The summed E-state index contributed by atoms with van der Waals surface area (Å²) in [6, 6.07) is 13.0. The van der Waals surface area contributed by atoms with E-state index < -0.39 is 11.4 Å². The zero-order valence-corrected chi connectivity index (χ0v) is 14.4. The van der Waals surface area contributed by atoms with Crippen LogP contribution >= 0.6 is 12.0 Å². The van der Waals surface area contributed by atoms with E-state index in [-0.39, 0.29) is 5.78 Å². The van der Waals surface area contributed by atoms with Crippen molar-refractivity contribution in [3.8, 4) is 0 Å². The lowest BCUT2D eigenvalue weighted by Gasteiger charge is -2.17. The number of ketones is 1. The number of carbonyl (C=O) groups is 1. The van der Waals surface area contributed by atoms with E-state index in [2.05, 4.69) is 9.32 Å². The van der Waals surface area contributed by atoms with Crippen molar-refractivity contribution in [3.05, 3.63) is 65.5 Å². The maximum absolute atomic E-state index is 13.6. The van der Waals surface area contributed by atoms with Crippen LogP contribution in [0.25, 0.3) is 11.3 Å². The van der Waals surface area contributed by atoms with Gasteiger partial charge in [-0.05, 0) is 43.7 Å². The van der Waals surface area contributed by atoms with Gasteiger partial charge in [0.1, 0.15) is 11.6 Å². The Kier molecular flexibility index (Phi) is 4.91. The van der Waals surface area contributed by atoms with Crippen LogP contribution in [0.5, 0.6) is 0 Å². The fourth-order valence-electron chi connectivity index (χ4n) is 2.59. The molecular weight excluding hydrogens is 345 g/mol. The molecule has 0 unspecified atom stereocenters. The molecule has 2 aromatic rings. The second-order valence-electron chi connectivity index (χ2n) is 5.93. The first-order valence-corrected chi connectivity index (χ1v) is 8.21. The third kappa shape index (κ3) is 3.59. The third-order valence-corrected chi connectivity index (χ3v) is 4.37. The molecule has 2 N–H and O–H groups in total. The molecule has 1 heterocycles. The molecule has 1 aliphatic heterocycles. The molecule has 0 aliphatic carbocycles. The molecule has 0 bridgehead atoms. The first-order valence-electron chi connectivity index (χ1n) is 7.47. The molecule has 0 amide bonds. The summed E-state index contributed by atoms with van der Waals surface area (Å²) in [4.78, 5) is 17.6. The zero-order valence-electron chi connectivity index (χ0n) is 13.6. The summed E-state index contributed by atoms with van der Waals surface area (Å²) in [6.07, 6.45) is 0. The third-order valence-electron chi connectivity index (χ3n) is 3.76. The monoisotopic (exact) mass is 361 g/mol. The molecule has 0 saturated carbocycles. The molecule has 2 aromatic carbocycles. The number of Topliss-reactive ketones (excluding diaryl/α,β-unsaturated/α-hetero) is 1. The number of hydrogen-bond donors (Lipinski definition) is 1. The Morgan fingerprint density at radius 1 is 1.12 bits per heavy atom. The van der Waals surface area contributed by atoms with Crippen molar-refractivity contribution < 1.29 is 23.2 Å². The number of ether oxygens (including phenoxy) is 1. The summed E-state index contributed by atoms with van der Waals surface area (Å²) in [7, 11) is 0. The minimum atomic E-state index is -1.01. The fraction of sp³-hybridized carbons (Fsp3) is 0.167. The minimum Gasteiger partial charge on any atom is -0.478 e. The van der Waals surface area contributed by atoms with Gasteiger partial charge >= 0.3 is 0 Å². The second-order valence-corrected chi connectivity index (χ2v) is 6.70. The predicted molar refractivity (Wildman–Crippen MR) is 92.0 cm³/mol. The van der Waals surface area contributed by atoms with E-state index in [0.29, 0.717) is 22.5 Å². The van der Waals surface area contributed by atoms with Crippen molar-refractivity contribution >= 4 is 29.2 Å². The maximum Gasteiger partial charge on any atom is 0.210 e. The zero-order chi connectivity index (χ0) is 18.0. The standard InChI is InChI=1S/C18H16FNO4S/c1-18(2)17(21)15(12-4-3-5-13(19)10-12)16(22-18)11-6-8-14(9-7-11)25-24-23-20/h3-10H,20H2,1-2H3. The number of rotatable bonds is 5. The molecule has 0 spiro atoms. The van der Waals surface area contributed by atoms with Crippen LogP contribution in [-0.4, -0.2) is 11.4 Å². The Labute approximate surface area is 148 Å². The summed E-state index contributed by atoms with van der Waals surface area (Å²) >= 11 is 0.951. The van der Waals surface area contributed by atoms with E-state index in [1.165, 1.54) is 12.1 Å². The number of carbonyl (C=O) groups excluding carboxylic acids is 1. The van der Waals surface area contributed by atoms with Crippen LogP contribution in [0.1, 0.15) is 25.0 Å². The highest BCUT2D eigenvalue weighted by molar-refractivity contribution is 7.94. The van der Waals surface area contributed by atoms with Gasteiger partial charge in [-0.2, -0.15) is 5.90 Å². The van der Waals surface area contributed by atoms with Gasteiger partial charge in [-0.1, -0.05) is 24.3 Å².